The summed E-state index contributed by atoms with van der Waals surface area (Å²) >= 11 is 0. The summed E-state index contributed by atoms with van der Waals surface area (Å²) < 4.78 is 0. The van der Waals surface area contributed by atoms with Crippen LogP contribution in [0.4, 0.5) is 11.5 Å². The van der Waals surface area contributed by atoms with Gasteiger partial charge in [0.05, 0.1) is 0 Å². The zero-order valence-corrected chi connectivity index (χ0v) is 10.3. The highest BCUT2D eigenvalue weighted by molar-refractivity contribution is 5.46. The number of hydrogen-bond donors (Lipinski definition) is 1. The molecule has 0 radical (unpaired) electrons. The van der Waals surface area contributed by atoms with Crippen LogP contribution in [0.2, 0.25) is 0 Å². The summed E-state index contributed by atoms with van der Waals surface area (Å²) in [4.78, 5) is 6.73. The number of aromatic nitrogens is 1. The third-order valence-corrected chi connectivity index (χ3v) is 3.31. The number of nitrogens with one attached hydrogen (secondary N) is 1. The Kier molecular flexibility index (Phi) is 3.13. The summed E-state index contributed by atoms with van der Waals surface area (Å²) in [5.74, 6) is 1.08. The molecule has 0 amide bonds. The minimum absolute atomic E-state index is 0.509. The van der Waals surface area contributed by atoms with E-state index in [0.717, 1.165) is 25.3 Å². The fourth-order valence-electron chi connectivity index (χ4n) is 2.40. The number of nitrogens with zero attached hydrogens (tertiary/aromatic N) is 2. The molecule has 1 fully saturated rings. The number of rotatable bonds is 3. The standard InChI is InChI=1S/C15H17N3/c1-2-6-13(7-3-1)17-14-9-11-18(12-14)15-8-4-5-10-16-15/h1-8,10,14,17H,9,11-12H2/t14-/m0/s1. The predicted molar refractivity (Wildman–Crippen MR) is 74.9 cm³/mol. The highest BCUT2D eigenvalue weighted by atomic mass is 15.2. The Bertz CT molecular complexity index is 484. The van der Waals surface area contributed by atoms with Gasteiger partial charge in [-0.15, -0.1) is 0 Å². The van der Waals surface area contributed by atoms with Crippen molar-refractivity contribution in [1.29, 1.82) is 0 Å². The largest absolute Gasteiger partial charge is 0.380 e. The molecule has 3 rings (SSSR count). The molecule has 0 bridgehead atoms. The van der Waals surface area contributed by atoms with Crippen molar-refractivity contribution in [1.82, 2.24) is 4.98 Å². The van der Waals surface area contributed by atoms with Gasteiger partial charge in [-0.2, -0.15) is 0 Å². The van der Waals surface area contributed by atoms with Crippen molar-refractivity contribution in [2.75, 3.05) is 23.3 Å². The summed E-state index contributed by atoms with van der Waals surface area (Å²) in [6.45, 7) is 2.09. The first kappa shape index (κ1) is 11.1. The van der Waals surface area contributed by atoms with E-state index in [9.17, 15) is 0 Å². The van der Waals surface area contributed by atoms with Crippen molar-refractivity contribution >= 4 is 11.5 Å². The van der Waals surface area contributed by atoms with Gasteiger partial charge < -0.3 is 10.2 Å². The molecule has 3 heteroatoms. The summed E-state index contributed by atoms with van der Waals surface area (Å²) in [7, 11) is 0. The molecular formula is C15H17N3. The lowest BCUT2D eigenvalue weighted by Gasteiger charge is -2.18. The van der Waals surface area contributed by atoms with Crippen LogP contribution in [0.3, 0.4) is 0 Å². The van der Waals surface area contributed by atoms with Gasteiger partial charge in [-0.05, 0) is 30.7 Å². The molecule has 1 saturated heterocycles. The Labute approximate surface area is 107 Å². The third-order valence-electron chi connectivity index (χ3n) is 3.31. The van der Waals surface area contributed by atoms with Crippen LogP contribution >= 0.6 is 0 Å². The van der Waals surface area contributed by atoms with E-state index in [2.05, 4.69) is 45.5 Å². The fraction of sp³-hybridized carbons (Fsp3) is 0.267. The van der Waals surface area contributed by atoms with Gasteiger partial charge in [0.25, 0.3) is 0 Å². The van der Waals surface area contributed by atoms with Crippen molar-refractivity contribution < 1.29 is 0 Å². The number of hydrogen-bond acceptors (Lipinski definition) is 3. The summed E-state index contributed by atoms with van der Waals surface area (Å²) in [6.07, 6.45) is 3.01. The molecule has 0 spiro atoms. The Morgan fingerprint density at radius 2 is 1.89 bits per heavy atom. The van der Waals surface area contributed by atoms with Gasteiger partial charge in [0.1, 0.15) is 5.82 Å². The molecular weight excluding hydrogens is 222 g/mol. The predicted octanol–water partition coefficient (Wildman–Crippen LogP) is 2.77. The molecule has 2 heterocycles. The fourth-order valence-corrected chi connectivity index (χ4v) is 2.40. The van der Waals surface area contributed by atoms with Crippen molar-refractivity contribution in [3.8, 4) is 0 Å². The maximum atomic E-state index is 4.40. The second kappa shape index (κ2) is 5.08. The topological polar surface area (TPSA) is 28.2 Å². The highest BCUT2D eigenvalue weighted by Gasteiger charge is 2.22. The van der Waals surface area contributed by atoms with E-state index < -0.39 is 0 Å². The van der Waals surface area contributed by atoms with Crippen LogP contribution in [-0.2, 0) is 0 Å². The number of pyridine rings is 1. The van der Waals surface area contributed by atoms with E-state index in [1.807, 2.05) is 24.4 Å². The Balaban J connectivity index is 1.62. The molecule has 1 N–H and O–H groups in total. The molecule has 92 valence electrons. The van der Waals surface area contributed by atoms with Gasteiger partial charge in [-0.1, -0.05) is 24.3 Å². The van der Waals surface area contributed by atoms with Gasteiger partial charge in [-0.25, -0.2) is 4.98 Å². The van der Waals surface area contributed by atoms with Gasteiger partial charge in [0.2, 0.25) is 0 Å². The van der Waals surface area contributed by atoms with Crippen molar-refractivity contribution in [2.24, 2.45) is 0 Å². The van der Waals surface area contributed by atoms with E-state index >= 15 is 0 Å². The average Bonchev–Trinajstić information content (AvgIpc) is 2.89. The number of para-hydroxylation sites is 1. The second-order valence-corrected chi connectivity index (χ2v) is 4.63. The Morgan fingerprint density at radius 1 is 1.06 bits per heavy atom. The van der Waals surface area contributed by atoms with Gasteiger partial charge >= 0.3 is 0 Å². The van der Waals surface area contributed by atoms with Gasteiger partial charge in [0.15, 0.2) is 0 Å². The van der Waals surface area contributed by atoms with Crippen LogP contribution in [0.1, 0.15) is 6.42 Å². The molecule has 1 aromatic carbocycles. The number of anilines is 2. The molecule has 2 aromatic rings. The van der Waals surface area contributed by atoms with Crippen LogP contribution in [-0.4, -0.2) is 24.1 Å². The zero-order chi connectivity index (χ0) is 12.2. The van der Waals surface area contributed by atoms with Crippen molar-refractivity contribution in [2.45, 2.75) is 12.5 Å². The quantitative estimate of drug-likeness (QED) is 0.892. The van der Waals surface area contributed by atoms with Crippen LogP contribution < -0.4 is 10.2 Å². The normalized spacial score (nSPS) is 18.9. The molecule has 1 atom stereocenters. The zero-order valence-electron chi connectivity index (χ0n) is 10.3. The molecule has 1 aliphatic rings. The molecule has 1 aliphatic heterocycles. The molecule has 3 nitrogen and oxygen atoms in total. The minimum Gasteiger partial charge on any atom is -0.380 e. The van der Waals surface area contributed by atoms with E-state index in [1.165, 1.54) is 5.69 Å². The summed E-state index contributed by atoms with van der Waals surface area (Å²) in [6, 6.07) is 17.0. The molecule has 0 saturated carbocycles. The lowest BCUT2D eigenvalue weighted by Crippen LogP contribution is -2.26. The third kappa shape index (κ3) is 2.45. The van der Waals surface area contributed by atoms with E-state index in [-0.39, 0.29) is 0 Å². The van der Waals surface area contributed by atoms with Crippen molar-refractivity contribution in [3.63, 3.8) is 0 Å². The van der Waals surface area contributed by atoms with Crippen LogP contribution in [0.25, 0.3) is 0 Å². The Morgan fingerprint density at radius 3 is 2.67 bits per heavy atom. The maximum Gasteiger partial charge on any atom is 0.128 e. The second-order valence-electron chi connectivity index (χ2n) is 4.63. The van der Waals surface area contributed by atoms with Crippen molar-refractivity contribution in [3.05, 3.63) is 54.7 Å². The number of benzene rings is 1. The minimum atomic E-state index is 0.509. The van der Waals surface area contributed by atoms with Crippen LogP contribution in [0.5, 0.6) is 0 Å². The van der Waals surface area contributed by atoms with E-state index in [0.29, 0.717) is 6.04 Å². The smallest absolute Gasteiger partial charge is 0.128 e. The van der Waals surface area contributed by atoms with E-state index in [4.69, 9.17) is 0 Å². The van der Waals surface area contributed by atoms with Gasteiger partial charge in [0, 0.05) is 31.0 Å². The first-order valence-electron chi connectivity index (χ1n) is 6.39. The average molecular weight is 239 g/mol. The van der Waals surface area contributed by atoms with Crippen LogP contribution in [0, 0.1) is 0 Å². The monoisotopic (exact) mass is 239 g/mol. The summed E-state index contributed by atoms with van der Waals surface area (Å²) in [5.41, 5.74) is 1.20. The molecule has 0 aliphatic carbocycles. The first-order valence-corrected chi connectivity index (χ1v) is 6.39. The lowest BCUT2D eigenvalue weighted by molar-refractivity contribution is 0.806. The SMILES string of the molecule is c1ccc(N[C@H]2CCN(c3ccccn3)C2)cc1. The lowest BCUT2D eigenvalue weighted by atomic mass is 10.2. The molecule has 0 unspecified atom stereocenters. The van der Waals surface area contributed by atoms with E-state index in [1.54, 1.807) is 0 Å². The maximum absolute atomic E-state index is 4.40. The van der Waals surface area contributed by atoms with Crippen LogP contribution in [0.15, 0.2) is 54.7 Å². The Hall–Kier alpha value is -2.03. The summed E-state index contributed by atoms with van der Waals surface area (Å²) in [5, 5.41) is 3.57. The molecule has 18 heavy (non-hydrogen) atoms. The van der Waals surface area contributed by atoms with Gasteiger partial charge in [-0.3, -0.25) is 0 Å². The highest BCUT2D eigenvalue weighted by Crippen LogP contribution is 2.20. The molecule has 1 aromatic heterocycles. The first-order chi connectivity index (χ1) is 8.92.